The van der Waals surface area contributed by atoms with Crippen molar-refractivity contribution in [3.63, 3.8) is 0 Å². The Morgan fingerprint density at radius 2 is 1.77 bits per heavy atom. The fraction of sp³-hybridized carbons (Fsp3) is 0.364. The first-order chi connectivity index (χ1) is 12.6. The maximum Gasteiger partial charge on any atom is 0.311 e. The van der Waals surface area contributed by atoms with Gasteiger partial charge in [0.25, 0.3) is 5.91 Å². The van der Waals surface area contributed by atoms with Crippen molar-refractivity contribution in [1.29, 1.82) is 0 Å². The van der Waals surface area contributed by atoms with E-state index in [0.717, 1.165) is 12.0 Å². The van der Waals surface area contributed by atoms with E-state index in [4.69, 9.17) is 4.74 Å². The molecule has 1 aliphatic rings. The zero-order valence-corrected chi connectivity index (χ0v) is 15.4. The van der Waals surface area contributed by atoms with Crippen LogP contribution in [-0.2, 0) is 9.53 Å². The number of nitrogens with zero attached hydrogens (tertiary/aromatic N) is 1. The van der Waals surface area contributed by atoms with E-state index >= 15 is 0 Å². The summed E-state index contributed by atoms with van der Waals surface area (Å²) < 4.78 is 5.31. The fourth-order valence-corrected chi connectivity index (χ4v) is 3.60. The number of esters is 1. The Morgan fingerprint density at radius 1 is 1.08 bits per heavy atom. The lowest BCUT2D eigenvalue weighted by Gasteiger charge is -2.37. The minimum atomic E-state index is -0.334. The molecule has 4 nitrogen and oxygen atoms in total. The van der Waals surface area contributed by atoms with Crippen LogP contribution < -0.4 is 0 Å². The Labute approximate surface area is 154 Å². The molecule has 2 aromatic carbocycles. The van der Waals surface area contributed by atoms with Gasteiger partial charge in [0, 0.05) is 24.6 Å². The highest BCUT2D eigenvalue weighted by Gasteiger charge is 2.38. The lowest BCUT2D eigenvalue weighted by Crippen LogP contribution is -2.46. The third-order valence-corrected chi connectivity index (χ3v) is 5.02. The lowest BCUT2D eigenvalue weighted by atomic mass is 9.80. The van der Waals surface area contributed by atoms with Gasteiger partial charge >= 0.3 is 5.97 Å². The standard InChI is InChI=1S/C22H25NO3/c1-3-26-22(25)20-15-23(21(24)18-7-5-4-6-8-18)14-13-19(20)17-11-9-16(2)10-12-17/h4-12,19-20H,3,13-15H2,1-2H3. The smallest absolute Gasteiger partial charge is 0.311 e. The van der Waals surface area contributed by atoms with E-state index in [1.54, 1.807) is 4.90 Å². The summed E-state index contributed by atoms with van der Waals surface area (Å²) >= 11 is 0. The molecule has 1 heterocycles. The number of carbonyl (C=O) groups excluding carboxylic acids is 2. The molecule has 1 aliphatic heterocycles. The second-order valence-corrected chi connectivity index (χ2v) is 6.78. The Morgan fingerprint density at radius 3 is 2.42 bits per heavy atom. The first-order valence-electron chi connectivity index (χ1n) is 9.17. The van der Waals surface area contributed by atoms with E-state index in [-0.39, 0.29) is 23.7 Å². The van der Waals surface area contributed by atoms with Crippen LogP contribution in [0.4, 0.5) is 0 Å². The molecular formula is C22H25NO3. The van der Waals surface area contributed by atoms with Gasteiger partial charge in [-0.1, -0.05) is 48.0 Å². The SMILES string of the molecule is CCOC(=O)C1CN(C(=O)c2ccccc2)CCC1c1ccc(C)cc1. The van der Waals surface area contributed by atoms with E-state index in [9.17, 15) is 9.59 Å². The van der Waals surface area contributed by atoms with Crippen LogP contribution in [0.15, 0.2) is 54.6 Å². The van der Waals surface area contributed by atoms with Crippen LogP contribution in [0.3, 0.4) is 0 Å². The molecule has 26 heavy (non-hydrogen) atoms. The van der Waals surface area contributed by atoms with E-state index in [1.807, 2.05) is 44.2 Å². The first-order valence-corrected chi connectivity index (χ1v) is 9.17. The molecular weight excluding hydrogens is 326 g/mol. The molecule has 4 heteroatoms. The number of carbonyl (C=O) groups is 2. The molecule has 0 N–H and O–H groups in total. The van der Waals surface area contributed by atoms with Crippen molar-refractivity contribution in [1.82, 2.24) is 4.90 Å². The summed E-state index contributed by atoms with van der Waals surface area (Å²) in [6.45, 7) is 5.25. The largest absolute Gasteiger partial charge is 0.466 e. The maximum absolute atomic E-state index is 12.8. The van der Waals surface area contributed by atoms with Crippen molar-refractivity contribution >= 4 is 11.9 Å². The van der Waals surface area contributed by atoms with Crippen molar-refractivity contribution < 1.29 is 14.3 Å². The first kappa shape index (κ1) is 18.2. The molecule has 3 rings (SSSR count). The number of benzene rings is 2. The highest BCUT2D eigenvalue weighted by atomic mass is 16.5. The molecule has 1 amide bonds. The Kier molecular flexibility index (Phi) is 5.71. The van der Waals surface area contributed by atoms with Gasteiger partial charge in [0.05, 0.1) is 12.5 Å². The third kappa shape index (κ3) is 3.96. The predicted octanol–water partition coefficient (Wildman–Crippen LogP) is 3.80. The summed E-state index contributed by atoms with van der Waals surface area (Å²) in [5, 5.41) is 0. The van der Waals surface area contributed by atoms with Gasteiger partial charge in [0.2, 0.25) is 0 Å². The molecule has 0 radical (unpaired) electrons. The van der Waals surface area contributed by atoms with Crippen LogP contribution in [0.1, 0.15) is 40.7 Å². The average Bonchev–Trinajstić information content (AvgIpc) is 2.68. The molecule has 0 saturated carbocycles. The lowest BCUT2D eigenvalue weighted by molar-refractivity contribution is -0.150. The molecule has 2 aromatic rings. The van der Waals surface area contributed by atoms with Crippen molar-refractivity contribution in [2.24, 2.45) is 5.92 Å². The van der Waals surface area contributed by atoms with Gasteiger partial charge in [0.15, 0.2) is 0 Å². The Hall–Kier alpha value is -2.62. The normalized spacial score (nSPS) is 19.8. The van der Waals surface area contributed by atoms with Gasteiger partial charge in [-0.2, -0.15) is 0 Å². The quantitative estimate of drug-likeness (QED) is 0.787. The van der Waals surface area contributed by atoms with Gasteiger partial charge in [-0.25, -0.2) is 0 Å². The van der Waals surface area contributed by atoms with Gasteiger partial charge < -0.3 is 9.64 Å². The summed E-state index contributed by atoms with van der Waals surface area (Å²) in [7, 11) is 0. The van der Waals surface area contributed by atoms with Crippen LogP contribution in [0, 0.1) is 12.8 Å². The fourth-order valence-electron chi connectivity index (χ4n) is 3.60. The molecule has 1 saturated heterocycles. The van der Waals surface area contributed by atoms with Crippen molar-refractivity contribution in [3.8, 4) is 0 Å². The Bertz CT molecular complexity index is 755. The molecule has 0 spiro atoms. The van der Waals surface area contributed by atoms with Crippen molar-refractivity contribution in [2.75, 3.05) is 19.7 Å². The van der Waals surface area contributed by atoms with Crippen molar-refractivity contribution in [3.05, 3.63) is 71.3 Å². The average molecular weight is 351 g/mol. The summed E-state index contributed by atoms with van der Waals surface area (Å²) in [6.07, 6.45) is 0.755. The maximum atomic E-state index is 12.8. The van der Waals surface area contributed by atoms with Gasteiger partial charge in [-0.15, -0.1) is 0 Å². The molecule has 2 atom stereocenters. The van der Waals surface area contributed by atoms with E-state index in [1.165, 1.54) is 5.56 Å². The molecule has 0 bridgehead atoms. The Balaban J connectivity index is 1.82. The number of rotatable bonds is 4. The summed E-state index contributed by atoms with van der Waals surface area (Å²) in [5.74, 6) is -0.501. The van der Waals surface area contributed by atoms with E-state index < -0.39 is 0 Å². The van der Waals surface area contributed by atoms with E-state index in [2.05, 4.69) is 24.3 Å². The summed E-state index contributed by atoms with van der Waals surface area (Å²) in [5.41, 5.74) is 2.99. The molecule has 2 unspecified atom stereocenters. The van der Waals surface area contributed by atoms with Crippen LogP contribution in [0.25, 0.3) is 0 Å². The number of ether oxygens (including phenoxy) is 1. The number of aryl methyl sites for hydroxylation is 1. The van der Waals surface area contributed by atoms with Crippen LogP contribution in [0.2, 0.25) is 0 Å². The topological polar surface area (TPSA) is 46.6 Å². The minimum absolute atomic E-state index is 0.0257. The van der Waals surface area contributed by atoms with Crippen molar-refractivity contribution in [2.45, 2.75) is 26.2 Å². The monoisotopic (exact) mass is 351 g/mol. The highest BCUT2D eigenvalue weighted by Crippen LogP contribution is 2.34. The predicted molar refractivity (Wildman–Crippen MR) is 101 cm³/mol. The molecule has 0 aromatic heterocycles. The summed E-state index contributed by atoms with van der Waals surface area (Å²) in [4.78, 5) is 27.2. The number of hydrogen-bond donors (Lipinski definition) is 0. The molecule has 136 valence electrons. The minimum Gasteiger partial charge on any atom is -0.466 e. The molecule has 1 fully saturated rings. The van der Waals surface area contributed by atoms with E-state index in [0.29, 0.717) is 25.3 Å². The van der Waals surface area contributed by atoms with Crippen LogP contribution in [-0.4, -0.2) is 36.5 Å². The van der Waals surface area contributed by atoms with Crippen LogP contribution in [0.5, 0.6) is 0 Å². The van der Waals surface area contributed by atoms with Gasteiger partial charge in [-0.05, 0) is 38.0 Å². The second-order valence-electron chi connectivity index (χ2n) is 6.78. The van der Waals surface area contributed by atoms with Gasteiger partial charge in [-0.3, -0.25) is 9.59 Å². The van der Waals surface area contributed by atoms with Gasteiger partial charge in [0.1, 0.15) is 0 Å². The number of amides is 1. The van der Waals surface area contributed by atoms with Crippen LogP contribution >= 0.6 is 0 Å². The number of likely N-dealkylation sites (tertiary alicyclic amines) is 1. The third-order valence-electron chi connectivity index (χ3n) is 5.02. The highest BCUT2D eigenvalue weighted by molar-refractivity contribution is 5.94. The number of hydrogen-bond acceptors (Lipinski definition) is 3. The second kappa shape index (κ2) is 8.17. The zero-order chi connectivity index (χ0) is 18.5. The zero-order valence-electron chi connectivity index (χ0n) is 15.4. The summed E-state index contributed by atoms with van der Waals surface area (Å²) in [6, 6.07) is 17.5. The molecule has 0 aliphatic carbocycles. The number of piperidine rings is 1.